The summed E-state index contributed by atoms with van der Waals surface area (Å²) in [5.41, 5.74) is 3.30. The molecule has 0 aliphatic heterocycles. The maximum atomic E-state index is 13.7. The third kappa shape index (κ3) is 6.25. The molecule has 0 saturated carbocycles. The smallest absolute Gasteiger partial charge is 0.217 e. The number of carbonyl (C=O) groups is 1. The third-order valence-electron chi connectivity index (χ3n) is 6.53. The molecule has 1 unspecified atom stereocenters. The number of fused-ring (bicyclic) bond motifs is 1. The minimum Gasteiger partial charge on any atom is -0.390 e. The molecule has 6 nitrogen and oxygen atoms in total. The molecule has 1 heterocycles. The molecule has 186 valence electrons. The molecule has 4 rings (SSSR count). The van der Waals surface area contributed by atoms with Gasteiger partial charge in [0, 0.05) is 41.9 Å². The normalized spacial score (nSPS) is 19.1. The molecule has 0 saturated heterocycles. The zero-order chi connectivity index (χ0) is 25.2. The van der Waals surface area contributed by atoms with Gasteiger partial charge in [-0.3, -0.25) is 9.48 Å². The average molecular weight is 594 g/mol. The number of hydrogen-bond acceptors (Lipinski definition) is 4. The van der Waals surface area contributed by atoms with E-state index in [9.17, 15) is 18.7 Å². The van der Waals surface area contributed by atoms with Gasteiger partial charge in [-0.15, -0.1) is 0 Å². The van der Waals surface area contributed by atoms with Crippen molar-refractivity contribution in [1.29, 1.82) is 0 Å². The van der Waals surface area contributed by atoms with Crippen molar-refractivity contribution in [3.63, 3.8) is 0 Å². The first-order chi connectivity index (χ1) is 16.6. The molecular formula is C26H29F2IN4O2. The standard InChI is InChI=1S/C26H29F2IN4O2/c1-16(34)31-24(10-17-8-20(27)12-21(28)9-17)25(35)14-30-26(19-4-3-5-22(29)11-19)7-6-23-18(13-26)15-33(2)32-23/h3-5,8-9,11-12,15,24-25,30,35H,6-7,10,13-14H2,1-2H3,(H,31,34)/t24-,25+,26?/m0/s1. The predicted molar refractivity (Wildman–Crippen MR) is 138 cm³/mol. The molecule has 1 aromatic heterocycles. The van der Waals surface area contributed by atoms with Crippen LogP contribution in [-0.2, 0) is 36.6 Å². The molecule has 2 aromatic carbocycles. The van der Waals surface area contributed by atoms with Crippen molar-refractivity contribution in [3.05, 3.63) is 86.3 Å². The number of aliphatic hydroxyl groups excluding tert-OH is 1. The van der Waals surface area contributed by atoms with E-state index in [1.54, 1.807) is 0 Å². The number of benzene rings is 2. The Bertz CT molecular complexity index is 1200. The van der Waals surface area contributed by atoms with Gasteiger partial charge in [-0.1, -0.05) is 12.1 Å². The fraction of sp³-hybridized carbons (Fsp3) is 0.385. The van der Waals surface area contributed by atoms with Gasteiger partial charge in [0.05, 0.1) is 17.8 Å². The van der Waals surface area contributed by atoms with Crippen LogP contribution in [0.5, 0.6) is 0 Å². The first-order valence-electron chi connectivity index (χ1n) is 11.6. The highest BCUT2D eigenvalue weighted by Crippen LogP contribution is 2.36. The molecule has 9 heteroatoms. The molecule has 1 amide bonds. The highest BCUT2D eigenvalue weighted by Gasteiger charge is 2.38. The molecule has 35 heavy (non-hydrogen) atoms. The maximum Gasteiger partial charge on any atom is 0.217 e. The summed E-state index contributed by atoms with van der Waals surface area (Å²) < 4.78 is 30.4. The highest BCUT2D eigenvalue weighted by molar-refractivity contribution is 14.1. The summed E-state index contributed by atoms with van der Waals surface area (Å²) in [6.07, 6.45) is 3.45. The molecule has 3 aromatic rings. The number of halogens is 3. The van der Waals surface area contributed by atoms with Crippen LogP contribution in [0.3, 0.4) is 0 Å². The van der Waals surface area contributed by atoms with E-state index in [-0.39, 0.29) is 18.9 Å². The van der Waals surface area contributed by atoms with Crippen LogP contribution >= 0.6 is 22.6 Å². The Labute approximate surface area is 217 Å². The fourth-order valence-electron chi connectivity index (χ4n) is 4.94. The topological polar surface area (TPSA) is 79.2 Å². The number of carbonyl (C=O) groups excluding carboxylic acids is 1. The van der Waals surface area contributed by atoms with Crippen molar-refractivity contribution < 1.29 is 18.7 Å². The Morgan fingerprint density at radius 3 is 2.69 bits per heavy atom. The van der Waals surface area contributed by atoms with Crippen molar-refractivity contribution >= 4 is 28.5 Å². The minimum absolute atomic E-state index is 0.0973. The first kappa shape index (κ1) is 25.7. The third-order valence-corrected chi connectivity index (χ3v) is 7.20. The van der Waals surface area contributed by atoms with E-state index in [0.717, 1.165) is 39.3 Å². The van der Waals surface area contributed by atoms with Gasteiger partial charge in [-0.05, 0) is 89.2 Å². The van der Waals surface area contributed by atoms with Crippen LogP contribution < -0.4 is 10.6 Å². The largest absolute Gasteiger partial charge is 0.390 e. The minimum atomic E-state index is -0.986. The summed E-state index contributed by atoms with van der Waals surface area (Å²) in [7, 11) is 1.91. The van der Waals surface area contributed by atoms with Gasteiger partial charge in [0.15, 0.2) is 0 Å². The number of nitrogens with zero attached hydrogens (tertiary/aromatic N) is 2. The van der Waals surface area contributed by atoms with Crippen LogP contribution in [0.15, 0.2) is 48.7 Å². The molecule has 0 bridgehead atoms. The van der Waals surface area contributed by atoms with Gasteiger partial charge in [0.2, 0.25) is 5.91 Å². The Hall–Kier alpha value is -2.37. The summed E-state index contributed by atoms with van der Waals surface area (Å²) in [5, 5.41) is 22.0. The van der Waals surface area contributed by atoms with E-state index in [2.05, 4.69) is 50.5 Å². The summed E-state index contributed by atoms with van der Waals surface area (Å²) >= 11 is 2.29. The monoisotopic (exact) mass is 594 g/mol. The van der Waals surface area contributed by atoms with Crippen LogP contribution in [0.4, 0.5) is 8.78 Å². The van der Waals surface area contributed by atoms with Crippen LogP contribution in [-0.4, -0.2) is 39.5 Å². The summed E-state index contributed by atoms with van der Waals surface area (Å²) in [4.78, 5) is 11.8. The van der Waals surface area contributed by atoms with Gasteiger partial charge in [0.1, 0.15) is 11.6 Å². The number of aryl methyl sites for hydroxylation is 2. The van der Waals surface area contributed by atoms with E-state index < -0.39 is 29.3 Å². The molecule has 0 spiro atoms. The molecular weight excluding hydrogens is 565 g/mol. The zero-order valence-electron chi connectivity index (χ0n) is 19.7. The molecule has 0 radical (unpaired) electrons. The van der Waals surface area contributed by atoms with Crippen LogP contribution in [0.1, 0.15) is 35.7 Å². The lowest BCUT2D eigenvalue weighted by atomic mass is 9.75. The van der Waals surface area contributed by atoms with Crippen LogP contribution in [0.2, 0.25) is 0 Å². The number of aliphatic hydroxyl groups is 1. The Balaban J connectivity index is 1.57. The number of hydrogen-bond donors (Lipinski definition) is 3. The van der Waals surface area contributed by atoms with Gasteiger partial charge in [-0.2, -0.15) is 5.10 Å². The number of rotatable bonds is 8. The van der Waals surface area contributed by atoms with Gasteiger partial charge < -0.3 is 15.7 Å². The fourth-order valence-corrected chi connectivity index (χ4v) is 5.48. The second-order valence-electron chi connectivity index (χ2n) is 9.28. The van der Waals surface area contributed by atoms with Gasteiger partial charge in [0.25, 0.3) is 0 Å². The maximum absolute atomic E-state index is 13.7. The Kier molecular flexibility index (Phi) is 7.87. The predicted octanol–water partition coefficient (Wildman–Crippen LogP) is 3.39. The first-order valence-corrected chi connectivity index (χ1v) is 12.6. The van der Waals surface area contributed by atoms with Crippen molar-refractivity contribution in [1.82, 2.24) is 20.4 Å². The van der Waals surface area contributed by atoms with E-state index in [1.165, 1.54) is 19.1 Å². The Morgan fingerprint density at radius 2 is 2.00 bits per heavy atom. The molecule has 3 N–H and O–H groups in total. The molecule has 3 atom stereocenters. The van der Waals surface area contributed by atoms with Crippen molar-refractivity contribution in [3.8, 4) is 0 Å². The van der Waals surface area contributed by atoms with Gasteiger partial charge in [-0.25, -0.2) is 8.78 Å². The lowest BCUT2D eigenvalue weighted by Gasteiger charge is -2.40. The molecule has 1 aliphatic carbocycles. The number of amides is 1. The molecule has 1 aliphatic rings. The lowest BCUT2D eigenvalue weighted by molar-refractivity contribution is -0.120. The number of nitrogens with one attached hydrogen (secondary N) is 2. The highest BCUT2D eigenvalue weighted by atomic mass is 127. The van der Waals surface area contributed by atoms with E-state index in [0.29, 0.717) is 12.0 Å². The number of aromatic nitrogens is 2. The second-order valence-corrected chi connectivity index (χ2v) is 10.5. The van der Waals surface area contributed by atoms with Crippen molar-refractivity contribution in [2.75, 3.05) is 6.54 Å². The Morgan fingerprint density at radius 1 is 1.26 bits per heavy atom. The second kappa shape index (κ2) is 10.7. The molecule has 0 fully saturated rings. The summed E-state index contributed by atoms with van der Waals surface area (Å²) in [6.45, 7) is 1.54. The van der Waals surface area contributed by atoms with E-state index in [4.69, 9.17) is 0 Å². The quantitative estimate of drug-likeness (QED) is 0.350. The van der Waals surface area contributed by atoms with E-state index in [1.807, 2.05) is 30.1 Å². The average Bonchev–Trinajstić information content (AvgIpc) is 3.15. The van der Waals surface area contributed by atoms with Crippen molar-refractivity contribution in [2.24, 2.45) is 7.05 Å². The van der Waals surface area contributed by atoms with E-state index >= 15 is 0 Å². The van der Waals surface area contributed by atoms with Crippen molar-refractivity contribution in [2.45, 2.75) is 50.3 Å². The lowest BCUT2D eigenvalue weighted by Crippen LogP contribution is -2.54. The summed E-state index contributed by atoms with van der Waals surface area (Å²) in [6, 6.07) is 10.8. The zero-order valence-corrected chi connectivity index (χ0v) is 21.9. The SMILES string of the molecule is CC(=O)N[C@@H](Cc1cc(F)cc(F)c1)[C@H](O)CNC1(c2cccc(I)c2)CCc2nn(C)cc2C1. The summed E-state index contributed by atoms with van der Waals surface area (Å²) in [5.74, 6) is -1.71. The van der Waals surface area contributed by atoms with Gasteiger partial charge >= 0.3 is 0 Å². The van der Waals surface area contributed by atoms with Crippen LogP contribution in [0, 0.1) is 15.2 Å². The van der Waals surface area contributed by atoms with Crippen LogP contribution in [0.25, 0.3) is 0 Å².